The molecular weight excluding hydrogens is 439 g/mol. The fourth-order valence-corrected chi connectivity index (χ4v) is 2.26. The number of benzene rings is 1. The topological polar surface area (TPSA) is 69.5 Å². The number of nitrogens with one attached hydrogen (secondary N) is 2. The molecule has 1 aromatic carbocycles. The molecule has 130 valence electrons. The molecule has 0 radical (unpaired) electrons. The molecule has 1 atom stereocenters. The van der Waals surface area contributed by atoms with Crippen LogP contribution in [0.1, 0.15) is 17.0 Å². The molecule has 0 amide bonds. The van der Waals surface area contributed by atoms with E-state index in [4.69, 9.17) is 11.6 Å². The zero-order chi connectivity index (χ0) is 16.5. The second kappa shape index (κ2) is 11.2. The molecule has 0 bridgehead atoms. The highest BCUT2D eigenvalue weighted by Gasteiger charge is 2.10. The van der Waals surface area contributed by atoms with Crippen molar-refractivity contribution < 1.29 is 5.11 Å². The Morgan fingerprint density at radius 1 is 1.21 bits per heavy atom. The zero-order valence-electron chi connectivity index (χ0n) is 13.4. The van der Waals surface area contributed by atoms with E-state index in [-0.39, 0.29) is 36.5 Å². The van der Waals surface area contributed by atoms with Gasteiger partial charge in [-0.1, -0.05) is 48.0 Å². The van der Waals surface area contributed by atoms with Crippen molar-refractivity contribution in [3.8, 4) is 0 Å². The average Bonchev–Trinajstić information content (AvgIpc) is 2.60. The highest BCUT2D eigenvalue weighted by atomic mass is 127. The second-order valence-electron chi connectivity index (χ2n) is 5.09. The molecule has 0 aliphatic heterocycles. The quantitative estimate of drug-likeness (QED) is 0.268. The molecule has 0 fully saturated rings. The van der Waals surface area contributed by atoms with E-state index >= 15 is 0 Å². The van der Waals surface area contributed by atoms with Gasteiger partial charge in [0.05, 0.1) is 6.61 Å². The molecule has 1 aromatic heterocycles. The minimum absolute atomic E-state index is 0. The lowest BCUT2D eigenvalue weighted by Crippen LogP contribution is -2.39. The van der Waals surface area contributed by atoms with Gasteiger partial charge >= 0.3 is 0 Å². The lowest BCUT2D eigenvalue weighted by molar-refractivity contribution is 0.265. The number of halogens is 2. The number of rotatable bonds is 6. The first-order valence-electron chi connectivity index (χ1n) is 7.43. The van der Waals surface area contributed by atoms with Crippen LogP contribution in [-0.2, 0) is 6.54 Å². The van der Waals surface area contributed by atoms with Crippen LogP contribution < -0.4 is 10.6 Å². The molecule has 2 aromatic rings. The summed E-state index contributed by atoms with van der Waals surface area (Å²) < 4.78 is 0. The standard InChI is InChI=1S/C17H21ClN4O.HI/c1-19-17(21-10-13-7-8-16(18)20-9-13)22-11-15(12-23)14-5-3-2-4-6-14;/h2-9,15,23H,10-12H2,1H3,(H2,19,21,22);1H. The summed E-state index contributed by atoms with van der Waals surface area (Å²) in [5, 5.41) is 16.5. The Labute approximate surface area is 164 Å². The predicted molar refractivity (Wildman–Crippen MR) is 109 cm³/mol. The van der Waals surface area contributed by atoms with Gasteiger partial charge in [-0.3, -0.25) is 4.99 Å². The summed E-state index contributed by atoms with van der Waals surface area (Å²) in [6.45, 7) is 1.27. The van der Waals surface area contributed by atoms with Gasteiger partial charge in [0, 0.05) is 32.3 Å². The van der Waals surface area contributed by atoms with Crippen LogP contribution in [0.4, 0.5) is 0 Å². The zero-order valence-corrected chi connectivity index (χ0v) is 16.5. The van der Waals surface area contributed by atoms with E-state index in [1.807, 2.05) is 36.4 Å². The van der Waals surface area contributed by atoms with Crippen LogP contribution in [0.15, 0.2) is 53.7 Å². The van der Waals surface area contributed by atoms with Gasteiger partial charge < -0.3 is 15.7 Å². The largest absolute Gasteiger partial charge is 0.396 e. The summed E-state index contributed by atoms with van der Waals surface area (Å²) >= 11 is 5.77. The van der Waals surface area contributed by atoms with Crippen molar-refractivity contribution in [3.63, 3.8) is 0 Å². The first-order chi connectivity index (χ1) is 11.2. The highest BCUT2D eigenvalue weighted by Crippen LogP contribution is 2.13. The van der Waals surface area contributed by atoms with E-state index in [2.05, 4.69) is 20.6 Å². The van der Waals surface area contributed by atoms with E-state index in [1.54, 1.807) is 19.3 Å². The summed E-state index contributed by atoms with van der Waals surface area (Å²) in [6.07, 6.45) is 1.73. The monoisotopic (exact) mass is 460 g/mol. The first-order valence-corrected chi connectivity index (χ1v) is 7.81. The number of hydrogen-bond acceptors (Lipinski definition) is 3. The molecule has 0 aliphatic rings. The molecule has 0 saturated carbocycles. The summed E-state index contributed by atoms with van der Waals surface area (Å²) in [5.41, 5.74) is 2.11. The molecule has 0 saturated heterocycles. The van der Waals surface area contributed by atoms with Gasteiger partial charge in [0.25, 0.3) is 0 Å². The van der Waals surface area contributed by atoms with Crippen molar-refractivity contribution in [1.29, 1.82) is 0 Å². The molecule has 0 spiro atoms. The third-order valence-electron chi connectivity index (χ3n) is 3.48. The summed E-state index contributed by atoms with van der Waals surface area (Å²) in [6, 6.07) is 13.6. The van der Waals surface area contributed by atoms with Crippen molar-refractivity contribution >= 4 is 41.5 Å². The Balaban J connectivity index is 0.00000288. The van der Waals surface area contributed by atoms with Gasteiger partial charge in [0.15, 0.2) is 5.96 Å². The first kappa shape index (κ1) is 20.7. The Hall–Kier alpha value is -1.38. The lowest BCUT2D eigenvalue weighted by atomic mass is 10.0. The summed E-state index contributed by atoms with van der Waals surface area (Å²) in [7, 11) is 1.71. The molecule has 1 unspecified atom stereocenters. The number of aliphatic imine (C=N–C) groups is 1. The maximum atomic E-state index is 9.58. The average molecular weight is 461 g/mol. The second-order valence-corrected chi connectivity index (χ2v) is 5.47. The van der Waals surface area contributed by atoms with E-state index in [0.717, 1.165) is 11.1 Å². The number of nitrogens with zero attached hydrogens (tertiary/aromatic N) is 2. The number of pyridine rings is 1. The maximum Gasteiger partial charge on any atom is 0.191 e. The molecular formula is C17H22ClIN4O. The van der Waals surface area contributed by atoms with Crippen LogP contribution in [0.2, 0.25) is 5.15 Å². The third kappa shape index (κ3) is 6.62. The molecule has 5 nitrogen and oxygen atoms in total. The molecule has 24 heavy (non-hydrogen) atoms. The van der Waals surface area contributed by atoms with Crippen molar-refractivity contribution in [3.05, 3.63) is 64.9 Å². The Bertz CT molecular complexity index is 622. The normalized spacial score (nSPS) is 12.2. The molecule has 2 rings (SSSR count). The maximum absolute atomic E-state index is 9.58. The van der Waals surface area contributed by atoms with Crippen molar-refractivity contribution in [2.75, 3.05) is 20.2 Å². The predicted octanol–water partition coefficient (Wildman–Crippen LogP) is 2.79. The number of aliphatic hydroxyl groups is 1. The highest BCUT2D eigenvalue weighted by molar-refractivity contribution is 14.0. The van der Waals surface area contributed by atoms with Crippen LogP contribution in [0.3, 0.4) is 0 Å². The Morgan fingerprint density at radius 2 is 1.96 bits per heavy atom. The molecule has 1 heterocycles. The number of aromatic nitrogens is 1. The van der Waals surface area contributed by atoms with Crippen LogP contribution in [-0.4, -0.2) is 36.2 Å². The fourth-order valence-electron chi connectivity index (χ4n) is 2.15. The van der Waals surface area contributed by atoms with Gasteiger partial charge in [-0.25, -0.2) is 4.98 Å². The van der Waals surface area contributed by atoms with Crippen LogP contribution in [0.5, 0.6) is 0 Å². The minimum Gasteiger partial charge on any atom is -0.396 e. The van der Waals surface area contributed by atoms with Crippen molar-refractivity contribution in [2.45, 2.75) is 12.5 Å². The lowest BCUT2D eigenvalue weighted by Gasteiger charge is -2.18. The van der Waals surface area contributed by atoms with Gasteiger partial charge in [-0.05, 0) is 17.2 Å². The van der Waals surface area contributed by atoms with Crippen LogP contribution in [0.25, 0.3) is 0 Å². The van der Waals surface area contributed by atoms with E-state index < -0.39 is 0 Å². The van der Waals surface area contributed by atoms with Crippen molar-refractivity contribution in [1.82, 2.24) is 15.6 Å². The summed E-state index contributed by atoms with van der Waals surface area (Å²) in [4.78, 5) is 8.23. The van der Waals surface area contributed by atoms with Crippen LogP contribution >= 0.6 is 35.6 Å². The van der Waals surface area contributed by atoms with Crippen LogP contribution in [0, 0.1) is 0 Å². The molecule has 0 aliphatic carbocycles. The van der Waals surface area contributed by atoms with E-state index in [0.29, 0.717) is 24.2 Å². The van der Waals surface area contributed by atoms with Gasteiger partial charge in [0.1, 0.15) is 5.15 Å². The van der Waals surface area contributed by atoms with E-state index in [1.165, 1.54) is 0 Å². The van der Waals surface area contributed by atoms with Crippen molar-refractivity contribution in [2.24, 2.45) is 4.99 Å². The molecule has 7 heteroatoms. The third-order valence-corrected chi connectivity index (χ3v) is 3.70. The molecule has 3 N–H and O–H groups in total. The van der Waals surface area contributed by atoms with Gasteiger partial charge in [-0.2, -0.15) is 0 Å². The number of hydrogen-bond donors (Lipinski definition) is 3. The van der Waals surface area contributed by atoms with Gasteiger partial charge in [-0.15, -0.1) is 24.0 Å². The SMILES string of the molecule is CN=C(NCc1ccc(Cl)nc1)NCC(CO)c1ccccc1.I. The minimum atomic E-state index is 0. The number of aliphatic hydroxyl groups excluding tert-OH is 1. The fraction of sp³-hybridized carbons (Fsp3) is 0.294. The van der Waals surface area contributed by atoms with Gasteiger partial charge in [0.2, 0.25) is 0 Å². The smallest absolute Gasteiger partial charge is 0.191 e. The Morgan fingerprint density at radius 3 is 2.54 bits per heavy atom. The Kier molecular flexibility index (Phi) is 9.66. The van der Waals surface area contributed by atoms with E-state index in [9.17, 15) is 5.11 Å². The number of guanidine groups is 1. The summed E-state index contributed by atoms with van der Waals surface area (Å²) in [5.74, 6) is 0.696.